The van der Waals surface area contributed by atoms with Gasteiger partial charge in [0.2, 0.25) is 0 Å². The Morgan fingerprint density at radius 1 is 1.05 bits per heavy atom. The molecule has 1 atom stereocenters. The molecule has 0 aliphatic heterocycles. The van der Waals surface area contributed by atoms with Crippen LogP contribution in [0.1, 0.15) is 0 Å². The maximum Gasteiger partial charge on any atom is 0.429 e. The number of carbonyl (C=O) groups excluding carboxylic acids is 1. The third-order valence-electron chi connectivity index (χ3n) is 2.94. The minimum absolute atomic E-state index is 0.435. The van der Waals surface area contributed by atoms with E-state index in [1.54, 1.807) is 0 Å². The summed E-state index contributed by atoms with van der Waals surface area (Å²) in [6.07, 6.45) is 0. The molecule has 0 aromatic heterocycles. The van der Waals surface area contributed by atoms with Gasteiger partial charge >= 0.3 is 12.9 Å². The lowest BCUT2D eigenvalue weighted by Gasteiger charge is -2.17. The van der Waals surface area contributed by atoms with E-state index in [0.29, 0.717) is 0 Å². The van der Waals surface area contributed by atoms with E-state index in [1.165, 1.54) is 0 Å². The summed E-state index contributed by atoms with van der Waals surface area (Å²) in [5.41, 5.74) is 7.21. The number of rotatable bonds is 5. The van der Waals surface area contributed by atoms with Crippen molar-refractivity contribution in [1.82, 2.24) is 0 Å². The molecule has 0 aliphatic rings. The lowest BCUT2D eigenvalue weighted by Crippen LogP contribution is -2.49. The van der Waals surface area contributed by atoms with Gasteiger partial charge in [-0.2, -0.15) is 0 Å². The molecule has 1 unspecified atom stereocenters. The average molecular weight is 269 g/mol. The van der Waals surface area contributed by atoms with Crippen LogP contribution >= 0.6 is 0 Å². The molecule has 3 N–H and O–H groups in total. The summed E-state index contributed by atoms with van der Waals surface area (Å²) in [7, 11) is 0. The molecule has 0 radical (unpaired) electrons. The van der Waals surface area contributed by atoms with E-state index >= 15 is 0 Å². The molecule has 0 amide bonds. The number of carbonyl (C=O) groups is 1. The summed E-state index contributed by atoms with van der Waals surface area (Å²) in [5.74, 6) is -0.620. The fraction of sp³-hybridized carbons (Fsp3) is 0.133. The summed E-state index contributed by atoms with van der Waals surface area (Å²) >= 11 is 0. The molecular weight excluding hydrogens is 253 g/mol. The molecule has 2 aromatic carbocycles. The van der Waals surface area contributed by atoms with Crippen LogP contribution < -0.4 is 16.7 Å². The van der Waals surface area contributed by atoms with Gasteiger partial charge in [0.05, 0.1) is 6.61 Å². The van der Waals surface area contributed by atoms with E-state index in [4.69, 9.17) is 15.5 Å². The first-order valence-corrected chi connectivity index (χ1v) is 6.39. The summed E-state index contributed by atoms with van der Waals surface area (Å²) in [6.45, 7) is -0.961. The van der Waals surface area contributed by atoms with Crippen molar-refractivity contribution in [2.75, 3.05) is 6.61 Å². The SMILES string of the molecule is NC(CO)C(=O)OB(c1ccccc1)c1ccccc1. The topological polar surface area (TPSA) is 72.5 Å². The zero-order valence-electron chi connectivity index (χ0n) is 11.0. The summed E-state index contributed by atoms with van der Waals surface area (Å²) in [5, 5.41) is 8.93. The van der Waals surface area contributed by atoms with Crippen molar-refractivity contribution in [3.05, 3.63) is 60.7 Å². The van der Waals surface area contributed by atoms with Crippen molar-refractivity contribution in [2.24, 2.45) is 5.73 Å². The Morgan fingerprint density at radius 2 is 1.50 bits per heavy atom. The van der Waals surface area contributed by atoms with Crippen molar-refractivity contribution in [2.45, 2.75) is 6.04 Å². The summed E-state index contributed by atoms with van der Waals surface area (Å²) in [6, 6.07) is 17.8. The van der Waals surface area contributed by atoms with Gasteiger partial charge in [0.15, 0.2) is 0 Å². The van der Waals surface area contributed by atoms with Crippen LogP contribution in [0.4, 0.5) is 0 Å². The number of hydrogen-bond acceptors (Lipinski definition) is 4. The molecule has 0 saturated heterocycles. The number of benzene rings is 2. The van der Waals surface area contributed by atoms with Crippen LogP contribution in [0.5, 0.6) is 0 Å². The van der Waals surface area contributed by atoms with Crippen LogP contribution in [0.2, 0.25) is 0 Å². The highest BCUT2D eigenvalue weighted by Crippen LogP contribution is 1.97. The van der Waals surface area contributed by atoms with E-state index in [2.05, 4.69) is 0 Å². The van der Waals surface area contributed by atoms with Gasteiger partial charge in [-0.05, 0) is 10.9 Å². The van der Waals surface area contributed by atoms with Crippen LogP contribution in [0.25, 0.3) is 0 Å². The molecule has 2 aromatic rings. The fourth-order valence-corrected chi connectivity index (χ4v) is 1.86. The highest BCUT2D eigenvalue weighted by molar-refractivity contribution is 6.81. The van der Waals surface area contributed by atoms with E-state index < -0.39 is 25.5 Å². The smallest absolute Gasteiger partial charge is 0.429 e. The number of aliphatic hydroxyl groups excluding tert-OH is 1. The minimum Gasteiger partial charge on any atom is -0.525 e. The van der Waals surface area contributed by atoms with E-state index in [-0.39, 0.29) is 0 Å². The lowest BCUT2D eigenvalue weighted by atomic mass is 9.55. The van der Waals surface area contributed by atoms with Crippen LogP contribution in [0.3, 0.4) is 0 Å². The molecule has 0 fully saturated rings. The van der Waals surface area contributed by atoms with Gasteiger partial charge in [-0.1, -0.05) is 60.7 Å². The second-order valence-electron chi connectivity index (χ2n) is 4.43. The number of aliphatic hydroxyl groups is 1. The maximum absolute atomic E-state index is 11.8. The Balaban J connectivity index is 2.28. The second kappa shape index (κ2) is 6.89. The quantitative estimate of drug-likeness (QED) is 0.728. The first-order valence-electron chi connectivity index (χ1n) is 6.39. The largest absolute Gasteiger partial charge is 0.525 e. The average Bonchev–Trinajstić information content (AvgIpc) is 2.53. The molecule has 0 heterocycles. The molecule has 2 rings (SSSR count). The second-order valence-corrected chi connectivity index (χ2v) is 4.43. The van der Waals surface area contributed by atoms with Gasteiger partial charge in [-0.25, -0.2) is 0 Å². The molecule has 5 heteroatoms. The Hall–Kier alpha value is -2.11. The predicted octanol–water partition coefficient (Wildman–Crippen LogP) is -0.345. The van der Waals surface area contributed by atoms with E-state index in [1.807, 2.05) is 60.7 Å². The van der Waals surface area contributed by atoms with Crippen molar-refractivity contribution < 1.29 is 14.6 Å². The van der Waals surface area contributed by atoms with Crippen LogP contribution in [0, 0.1) is 0 Å². The number of hydrogen-bond donors (Lipinski definition) is 2. The van der Waals surface area contributed by atoms with Crippen molar-refractivity contribution >= 4 is 23.8 Å². The molecular formula is C15H16BNO3. The highest BCUT2D eigenvalue weighted by Gasteiger charge is 2.27. The Bertz CT molecular complexity index is 508. The molecule has 0 aliphatic carbocycles. The predicted molar refractivity (Wildman–Crippen MR) is 79.1 cm³/mol. The zero-order chi connectivity index (χ0) is 14.4. The van der Waals surface area contributed by atoms with Gasteiger partial charge in [0, 0.05) is 0 Å². The lowest BCUT2D eigenvalue weighted by molar-refractivity contribution is -0.136. The minimum atomic E-state index is -1.02. The molecule has 20 heavy (non-hydrogen) atoms. The molecule has 102 valence electrons. The van der Waals surface area contributed by atoms with Gasteiger partial charge in [0.25, 0.3) is 0 Å². The van der Waals surface area contributed by atoms with Crippen molar-refractivity contribution in [1.29, 1.82) is 0 Å². The normalized spacial score (nSPS) is 11.7. The van der Waals surface area contributed by atoms with E-state index in [9.17, 15) is 4.79 Å². The summed E-state index contributed by atoms with van der Waals surface area (Å²) < 4.78 is 5.45. The molecule has 4 nitrogen and oxygen atoms in total. The van der Waals surface area contributed by atoms with Crippen LogP contribution in [-0.2, 0) is 9.45 Å². The highest BCUT2D eigenvalue weighted by atomic mass is 16.5. The van der Waals surface area contributed by atoms with Gasteiger partial charge in [0.1, 0.15) is 6.04 Å². The standard InChI is InChI=1S/C15H16BNO3/c17-14(11-18)15(19)20-16(12-7-3-1-4-8-12)13-9-5-2-6-10-13/h1-10,14,18H,11,17H2. The van der Waals surface area contributed by atoms with Crippen molar-refractivity contribution in [3.8, 4) is 0 Å². The third-order valence-corrected chi connectivity index (χ3v) is 2.94. The van der Waals surface area contributed by atoms with Gasteiger partial charge in [-0.15, -0.1) is 0 Å². The maximum atomic E-state index is 11.8. The van der Waals surface area contributed by atoms with Crippen LogP contribution in [-0.4, -0.2) is 30.6 Å². The van der Waals surface area contributed by atoms with Crippen LogP contribution in [0.15, 0.2) is 60.7 Å². The summed E-state index contributed by atoms with van der Waals surface area (Å²) in [4.78, 5) is 11.8. The Morgan fingerprint density at radius 3 is 1.90 bits per heavy atom. The molecule has 0 saturated carbocycles. The first-order chi connectivity index (χ1) is 9.72. The first kappa shape index (κ1) is 14.3. The Kier molecular flexibility index (Phi) is 4.93. The third kappa shape index (κ3) is 3.47. The monoisotopic (exact) mass is 269 g/mol. The van der Waals surface area contributed by atoms with Gasteiger partial charge in [-0.3, -0.25) is 4.79 Å². The fourth-order valence-electron chi connectivity index (χ4n) is 1.86. The molecule has 0 spiro atoms. The molecule has 0 bridgehead atoms. The Labute approximate surface area is 118 Å². The van der Waals surface area contributed by atoms with Crippen molar-refractivity contribution in [3.63, 3.8) is 0 Å². The van der Waals surface area contributed by atoms with Gasteiger partial charge < -0.3 is 15.5 Å². The van der Waals surface area contributed by atoms with E-state index in [0.717, 1.165) is 10.9 Å². The number of nitrogens with two attached hydrogens (primary N) is 1. The zero-order valence-corrected chi connectivity index (χ0v) is 11.0.